The summed E-state index contributed by atoms with van der Waals surface area (Å²) in [6, 6.07) is 8.56. The van der Waals surface area contributed by atoms with Crippen molar-refractivity contribution in [2.45, 2.75) is 13.0 Å². The maximum atomic E-state index is 13.1. The Morgan fingerprint density at radius 1 is 1.18 bits per heavy atom. The fraction of sp³-hybridized carbons (Fsp3) is 0.250. The summed E-state index contributed by atoms with van der Waals surface area (Å²) in [4.78, 5) is 32.3. The van der Waals surface area contributed by atoms with Crippen LogP contribution in [-0.2, 0) is 13.0 Å². The van der Waals surface area contributed by atoms with Crippen LogP contribution in [0.25, 0.3) is 5.65 Å². The van der Waals surface area contributed by atoms with E-state index in [1.807, 2.05) is 0 Å². The fourth-order valence-corrected chi connectivity index (χ4v) is 3.63. The van der Waals surface area contributed by atoms with Gasteiger partial charge in [-0.3, -0.25) is 14.0 Å². The van der Waals surface area contributed by atoms with Crippen molar-refractivity contribution in [3.8, 4) is 11.5 Å². The molecule has 0 unspecified atom stereocenters. The largest absolute Gasteiger partial charge is 0.493 e. The molecule has 2 aromatic heterocycles. The lowest BCUT2D eigenvalue weighted by molar-refractivity contribution is 0.0728. The van der Waals surface area contributed by atoms with Crippen molar-refractivity contribution in [2.24, 2.45) is 0 Å². The van der Waals surface area contributed by atoms with Gasteiger partial charge in [-0.1, -0.05) is 17.7 Å². The monoisotopic (exact) mass is 399 g/mol. The number of hydrogen-bond donors (Lipinski definition) is 0. The maximum absolute atomic E-state index is 13.1. The average molecular weight is 400 g/mol. The first kappa shape index (κ1) is 18.3. The van der Waals surface area contributed by atoms with Gasteiger partial charge < -0.3 is 14.4 Å². The summed E-state index contributed by atoms with van der Waals surface area (Å²) >= 11 is 6.02. The Labute approximate surface area is 166 Å². The lowest BCUT2D eigenvalue weighted by Crippen LogP contribution is -2.40. The Bertz CT molecular complexity index is 1140. The third kappa shape index (κ3) is 2.97. The van der Waals surface area contributed by atoms with Crippen LogP contribution in [0.1, 0.15) is 21.6 Å². The van der Waals surface area contributed by atoms with E-state index in [9.17, 15) is 9.59 Å². The van der Waals surface area contributed by atoms with E-state index in [0.29, 0.717) is 52.0 Å². The van der Waals surface area contributed by atoms with Crippen LogP contribution in [0.5, 0.6) is 11.5 Å². The first-order chi connectivity index (χ1) is 13.5. The van der Waals surface area contributed by atoms with E-state index in [1.165, 1.54) is 18.6 Å². The van der Waals surface area contributed by atoms with E-state index in [1.54, 1.807) is 41.4 Å². The number of pyridine rings is 1. The minimum atomic E-state index is -0.225. The summed E-state index contributed by atoms with van der Waals surface area (Å²) in [5, 5.41) is 0.446. The molecule has 0 saturated carbocycles. The third-order valence-corrected chi connectivity index (χ3v) is 5.08. The standard InChI is InChI=1S/C20H18ClN3O4/c1-27-16-5-3-4-13(18(16)28-2)19(25)23-9-8-15-14(11-23)20(26)24-10-12(21)6-7-17(24)22-15/h3-7,10H,8-9,11H2,1-2H3. The summed E-state index contributed by atoms with van der Waals surface area (Å²) in [6.07, 6.45) is 2.04. The van der Waals surface area contributed by atoms with Gasteiger partial charge in [0.15, 0.2) is 11.5 Å². The zero-order chi connectivity index (χ0) is 19.8. The molecule has 0 spiro atoms. The molecule has 1 amide bonds. The number of ether oxygens (including phenoxy) is 2. The van der Waals surface area contributed by atoms with E-state index >= 15 is 0 Å². The fourth-order valence-electron chi connectivity index (χ4n) is 3.47. The Morgan fingerprint density at radius 3 is 2.75 bits per heavy atom. The first-order valence-corrected chi connectivity index (χ1v) is 9.11. The van der Waals surface area contributed by atoms with Gasteiger partial charge in [0.1, 0.15) is 5.65 Å². The second-order valence-corrected chi connectivity index (χ2v) is 6.87. The van der Waals surface area contributed by atoms with E-state index in [2.05, 4.69) is 4.98 Å². The molecule has 0 saturated heterocycles. The molecule has 3 aromatic rings. The van der Waals surface area contributed by atoms with Crippen LogP contribution in [0, 0.1) is 0 Å². The molecular weight excluding hydrogens is 382 g/mol. The molecule has 1 aliphatic heterocycles. The number of aromatic nitrogens is 2. The van der Waals surface area contributed by atoms with E-state index in [-0.39, 0.29) is 18.0 Å². The minimum absolute atomic E-state index is 0.176. The maximum Gasteiger partial charge on any atom is 0.263 e. The molecule has 0 fully saturated rings. The first-order valence-electron chi connectivity index (χ1n) is 8.73. The van der Waals surface area contributed by atoms with Crippen molar-refractivity contribution in [1.82, 2.24) is 14.3 Å². The number of amides is 1. The number of rotatable bonds is 3. The third-order valence-electron chi connectivity index (χ3n) is 4.85. The Kier molecular flexibility index (Phi) is 4.68. The lowest BCUT2D eigenvalue weighted by Gasteiger charge is -2.28. The molecule has 0 N–H and O–H groups in total. The highest BCUT2D eigenvalue weighted by atomic mass is 35.5. The van der Waals surface area contributed by atoms with Crippen molar-refractivity contribution in [1.29, 1.82) is 0 Å². The number of methoxy groups -OCH3 is 2. The highest BCUT2D eigenvalue weighted by molar-refractivity contribution is 6.30. The summed E-state index contributed by atoms with van der Waals surface area (Å²) in [5.74, 6) is 0.631. The molecule has 28 heavy (non-hydrogen) atoms. The number of halogens is 1. The number of nitrogens with zero attached hydrogens (tertiary/aromatic N) is 3. The van der Waals surface area contributed by atoms with Gasteiger partial charge in [-0.2, -0.15) is 0 Å². The molecule has 0 bridgehead atoms. The number of carbonyl (C=O) groups is 1. The summed E-state index contributed by atoms with van der Waals surface area (Å²) in [7, 11) is 3.01. The Hall–Kier alpha value is -3.06. The van der Waals surface area contributed by atoms with Crippen molar-refractivity contribution in [3.63, 3.8) is 0 Å². The normalized spacial score (nSPS) is 13.3. The minimum Gasteiger partial charge on any atom is -0.493 e. The second-order valence-electron chi connectivity index (χ2n) is 6.44. The van der Waals surface area contributed by atoms with Crippen molar-refractivity contribution in [3.05, 3.63) is 68.7 Å². The molecule has 8 heteroatoms. The molecule has 0 aliphatic carbocycles. The molecule has 7 nitrogen and oxygen atoms in total. The van der Waals surface area contributed by atoms with Crippen LogP contribution in [-0.4, -0.2) is 41.0 Å². The zero-order valence-corrected chi connectivity index (χ0v) is 16.2. The van der Waals surface area contributed by atoms with Crippen LogP contribution >= 0.6 is 11.6 Å². The molecule has 1 aliphatic rings. The predicted molar refractivity (Wildman–Crippen MR) is 104 cm³/mol. The van der Waals surface area contributed by atoms with Crippen LogP contribution < -0.4 is 15.0 Å². The van der Waals surface area contributed by atoms with Crippen LogP contribution in [0.4, 0.5) is 0 Å². The lowest BCUT2D eigenvalue weighted by atomic mass is 10.0. The van der Waals surface area contributed by atoms with E-state index in [0.717, 1.165) is 0 Å². The molecule has 4 rings (SSSR count). The van der Waals surface area contributed by atoms with Gasteiger partial charge in [0.25, 0.3) is 11.5 Å². The SMILES string of the molecule is COc1cccc(C(=O)N2CCc3nc4ccc(Cl)cn4c(=O)c3C2)c1OC. The van der Waals surface area contributed by atoms with Crippen molar-refractivity contribution >= 4 is 23.2 Å². The van der Waals surface area contributed by atoms with Crippen molar-refractivity contribution < 1.29 is 14.3 Å². The van der Waals surface area contributed by atoms with Crippen molar-refractivity contribution in [2.75, 3.05) is 20.8 Å². The van der Waals surface area contributed by atoms with Gasteiger partial charge >= 0.3 is 0 Å². The number of benzene rings is 1. The number of carbonyl (C=O) groups excluding carboxylic acids is 1. The topological polar surface area (TPSA) is 73.1 Å². The Morgan fingerprint density at radius 2 is 2.00 bits per heavy atom. The highest BCUT2D eigenvalue weighted by Gasteiger charge is 2.28. The quantitative estimate of drug-likeness (QED) is 0.676. The summed E-state index contributed by atoms with van der Waals surface area (Å²) < 4.78 is 12.1. The number of fused-ring (bicyclic) bond motifs is 2. The highest BCUT2D eigenvalue weighted by Crippen LogP contribution is 2.32. The van der Waals surface area contributed by atoms with Gasteiger partial charge in [0, 0.05) is 19.2 Å². The number of para-hydroxylation sites is 1. The van der Waals surface area contributed by atoms with Crippen LogP contribution in [0.15, 0.2) is 41.3 Å². The van der Waals surface area contributed by atoms with E-state index in [4.69, 9.17) is 21.1 Å². The molecule has 0 atom stereocenters. The van der Waals surface area contributed by atoms with Gasteiger partial charge in [-0.05, 0) is 24.3 Å². The molecular formula is C20H18ClN3O4. The predicted octanol–water partition coefficient (Wildman–Crippen LogP) is 2.56. The molecule has 144 valence electrons. The summed E-state index contributed by atoms with van der Waals surface area (Å²) in [5.41, 5.74) is 1.94. The molecule has 1 aromatic carbocycles. The smallest absolute Gasteiger partial charge is 0.263 e. The van der Waals surface area contributed by atoms with Gasteiger partial charge in [0.2, 0.25) is 0 Å². The van der Waals surface area contributed by atoms with Gasteiger partial charge in [-0.15, -0.1) is 0 Å². The summed E-state index contributed by atoms with van der Waals surface area (Å²) in [6.45, 7) is 0.637. The van der Waals surface area contributed by atoms with Crippen LogP contribution in [0.3, 0.4) is 0 Å². The Balaban J connectivity index is 1.73. The number of hydrogen-bond acceptors (Lipinski definition) is 5. The van der Waals surface area contributed by atoms with Gasteiger partial charge in [-0.25, -0.2) is 4.98 Å². The van der Waals surface area contributed by atoms with Crippen LogP contribution in [0.2, 0.25) is 5.02 Å². The molecule has 0 radical (unpaired) electrons. The molecule has 3 heterocycles. The van der Waals surface area contributed by atoms with E-state index < -0.39 is 0 Å². The second kappa shape index (κ2) is 7.16. The zero-order valence-electron chi connectivity index (χ0n) is 15.4. The van der Waals surface area contributed by atoms with Gasteiger partial charge in [0.05, 0.1) is 42.6 Å². The average Bonchev–Trinajstić information content (AvgIpc) is 2.73.